The first kappa shape index (κ1) is 21.9. The van der Waals surface area contributed by atoms with Crippen molar-refractivity contribution in [3.63, 3.8) is 0 Å². The van der Waals surface area contributed by atoms with Crippen LogP contribution in [-0.2, 0) is 11.2 Å². The minimum absolute atomic E-state index is 0.0427. The van der Waals surface area contributed by atoms with Crippen LogP contribution < -0.4 is 4.90 Å². The highest BCUT2D eigenvalue weighted by molar-refractivity contribution is 6.28. The summed E-state index contributed by atoms with van der Waals surface area (Å²) in [5.74, 6) is 0.952. The molecular formula is C19H25ClN6O5. The third-order valence-electron chi connectivity index (χ3n) is 5.16. The molecule has 1 aliphatic heterocycles. The van der Waals surface area contributed by atoms with Crippen molar-refractivity contribution in [3.05, 3.63) is 29.1 Å². The molecule has 168 valence electrons. The van der Waals surface area contributed by atoms with E-state index in [9.17, 15) is 15.3 Å². The Hall–Kier alpha value is -2.31. The number of halogens is 1. The smallest absolute Gasteiger partial charge is 0.226 e. The average Bonchev–Trinajstić information content (AvgIpc) is 3.44. The standard InChI is InChI=1S/C19H25ClN6O5/c1-4-10-5-11(31-24-10)15-13(28)14(29)18(30-15)26-7-21-12-16(22-19(20)23-17(12)26)25(8-27)6-9(2)3/h5,7,9,13-15,18,27-29H,4,6,8H2,1-3H3/t13-,14+,15+,18+/m0/s1. The Labute approximate surface area is 183 Å². The fourth-order valence-electron chi connectivity index (χ4n) is 3.69. The van der Waals surface area contributed by atoms with Gasteiger partial charge in [-0.2, -0.15) is 9.97 Å². The molecule has 0 bridgehead atoms. The molecule has 11 nitrogen and oxygen atoms in total. The maximum atomic E-state index is 10.7. The van der Waals surface area contributed by atoms with Crippen molar-refractivity contribution in [2.75, 3.05) is 18.2 Å². The number of aromatic nitrogens is 5. The summed E-state index contributed by atoms with van der Waals surface area (Å²) in [6.07, 6.45) is -2.32. The van der Waals surface area contributed by atoms with E-state index in [0.717, 1.165) is 5.69 Å². The van der Waals surface area contributed by atoms with Gasteiger partial charge in [-0.05, 0) is 23.9 Å². The molecule has 4 rings (SSSR count). The van der Waals surface area contributed by atoms with Crippen molar-refractivity contribution < 1.29 is 24.6 Å². The van der Waals surface area contributed by atoms with Crippen molar-refractivity contribution in [1.82, 2.24) is 24.7 Å². The average molecular weight is 453 g/mol. The van der Waals surface area contributed by atoms with Gasteiger partial charge in [-0.1, -0.05) is 25.9 Å². The van der Waals surface area contributed by atoms with Crippen molar-refractivity contribution in [2.45, 2.75) is 51.7 Å². The van der Waals surface area contributed by atoms with Crippen LogP contribution in [0.1, 0.15) is 44.6 Å². The summed E-state index contributed by atoms with van der Waals surface area (Å²) in [5.41, 5.74) is 1.41. The normalized spacial score (nSPS) is 23.9. The fourth-order valence-corrected chi connectivity index (χ4v) is 3.85. The predicted octanol–water partition coefficient (Wildman–Crippen LogP) is 1.43. The molecule has 12 heteroatoms. The molecule has 0 aliphatic carbocycles. The number of hydrogen-bond acceptors (Lipinski definition) is 10. The zero-order chi connectivity index (χ0) is 22.3. The number of anilines is 1. The first-order valence-corrected chi connectivity index (χ1v) is 10.4. The maximum absolute atomic E-state index is 10.7. The van der Waals surface area contributed by atoms with Gasteiger partial charge in [-0.25, -0.2) is 4.98 Å². The summed E-state index contributed by atoms with van der Waals surface area (Å²) in [6, 6.07) is 1.69. The second-order valence-electron chi connectivity index (χ2n) is 7.90. The van der Waals surface area contributed by atoms with Crippen molar-refractivity contribution in [2.24, 2.45) is 5.92 Å². The quantitative estimate of drug-likeness (QED) is 0.355. The van der Waals surface area contributed by atoms with Crippen LogP contribution in [0.4, 0.5) is 5.82 Å². The van der Waals surface area contributed by atoms with E-state index < -0.39 is 24.5 Å². The van der Waals surface area contributed by atoms with Crippen LogP contribution in [-0.4, -0.2) is 65.5 Å². The molecule has 3 aromatic heterocycles. The number of imidazole rings is 1. The molecule has 0 amide bonds. The Bertz CT molecular complexity index is 1060. The van der Waals surface area contributed by atoms with Gasteiger partial charge in [0.1, 0.15) is 25.0 Å². The van der Waals surface area contributed by atoms with Crippen LogP contribution in [0.5, 0.6) is 0 Å². The highest BCUT2D eigenvalue weighted by Crippen LogP contribution is 2.40. The molecular weight excluding hydrogens is 428 g/mol. The Kier molecular flexibility index (Phi) is 6.13. The molecule has 0 radical (unpaired) electrons. The van der Waals surface area contributed by atoms with Gasteiger partial charge in [0.15, 0.2) is 29.0 Å². The SMILES string of the molecule is CCc1cc([C@H]2O[C@@H](n3cnc4c(N(CO)CC(C)C)nc(Cl)nc43)[C@H](O)[C@@H]2O)on1. The number of hydrogen-bond donors (Lipinski definition) is 3. The van der Waals surface area contributed by atoms with Gasteiger partial charge in [0.2, 0.25) is 5.28 Å². The van der Waals surface area contributed by atoms with E-state index in [1.54, 1.807) is 11.0 Å². The summed E-state index contributed by atoms with van der Waals surface area (Å²) >= 11 is 6.16. The number of rotatable bonds is 7. The van der Waals surface area contributed by atoms with Crippen LogP contribution >= 0.6 is 11.6 Å². The van der Waals surface area contributed by atoms with E-state index in [0.29, 0.717) is 35.7 Å². The second kappa shape index (κ2) is 8.67. The van der Waals surface area contributed by atoms with Crippen LogP contribution in [0.3, 0.4) is 0 Å². The maximum Gasteiger partial charge on any atom is 0.226 e. The second-order valence-corrected chi connectivity index (χ2v) is 8.24. The lowest BCUT2D eigenvalue weighted by Gasteiger charge is -2.23. The minimum atomic E-state index is -1.28. The first-order valence-electron chi connectivity index (χ1n) is 10.1. The Morgan fingerprint density at radius 3 is 2.68 bits per heavy atom. The summed E-state index contributed by atoms with van der Waals surface area (Å²) in [6.45, 7) is 6.21. The number of ether oxygens (including phenoxy) is 1. The summed E-state index contributed by atoms with van der Waals surface area (Å²) in [5, 5.41) is 35.0. The van der Waals surface area contributed by atoms with Gasteiger partial charge in [0.05, 0.1) is 12.0 Å². The minimum Gasteiger partial charge on any atom is -0.387 e. The van der Waals surface area contributed by atoms with E-state index >= 15 is 0 Å². The zero-order valence-electron chi connectivity index (χ0n) is 17.4. The van der Waals surface area contributed by atoms with Crippen LogP contribution in [0.25, 0.3) is 11.2 Å². The van der Waals surface area contributed by atoms with Crippen LogP contribution in [0, 0.1) is 5.92 Å². The molecule has 1 saturated heterocycles. The highest BCUT2D eigenvalue weighted by Gasteiger charge is 2.47. The van der Waals surface area contributed by atoms with Crippen molar-refractivity contribution in [1.29, 1.82) is 0 Å². The van der Waals surface area contributed by atoms with E-state index in [1.165, 1.54) is 10.9 Å². The monoisotopic (exact) mass is 452 g/mol. The number of nitrogens with zero attached hydrogens (tertiary/aromatic N) is 6. The topological polar surface area (TPSA) is 143 Å². The van der Waals surface area contributed by atoms with E-state index in [4.69, 9.17) is 20.9 Å². The lowest BCUT2D eigenvalue weighted by Crippen LogP contribution is -2.30. The molecule has 1 aliphatic rings. The van der Waals surface area contributed by atoms with E-state index in [2.05, 4.69) is 20.1 Å². The third-order valence-corrected chi connectivity index (χ3v) is 5.33. The van der Waals surface area contributed by atoms with Crippen LogP contribution in [0.2, 0.25) is 5.28 Å². The summed E-state index contributed by atoms with van der Waals surface area (Å²) in [4.78, 5) is 14.5. The van der Waals surface area contributed by atoms with Gasteiger partial charge in [0, 0.05) is 12.6 Å². The van der Waals surface area contributed by atoms with Crippen molar-refractivity contribution in [3.8, 4) is 0 Å². The fraction of sp³-hybridized carbons (Fsp3) is 0.579. The van der Waals surface area contributed by atoms with E-state index in [1.807, 2.05) is 20.8 Å². The molecule has 3 N–H and O–H groups in total. The van der Waals surface area contributed by atoms with Gasteiger partial charge in [-0.3, -0.25) is 4.57 Å². The third kappa shape index (κ3) is 3.99. The number of aliphatic hydroxyl groups excluding tert-OH is 3. The highest BCUT2D eigenvalue weighted by atomic mass is 35.5. The number of aryl methyl sites for hydroxylation is 1. The summed E-state index contributed by atoms with van der Waals surface area (Å²) < 4.78 is 12.7. The van der Waals surface area contributed by atoms with Gasteiger partial charge in [-0.15, -0.1) is 0 Å². The van der Waals surface area contributed by atoms with Crippen molar-refractivity contribution >= 4 is 28.6 Å². The molecule has 0 spiro atoms. The number of aliphatic hydroxyl groups is 3. The van der Waals surface area contributed by atoms with Gasteiger partial charge < -0.3 is 29.5 Å². The molecule has 1 fully saturated rings. The van der Waals surface area contributed by atoms with Gasteiger partial charge >= 0.3 is 0 Å². The molecule has 31 heavy (non-hydrogen) atoms. The first-order chi connectivity index (χ1) is 14.8. The zero-order valence-corrected chi connectivity index (χ0v) is 18.1. The Balaban J connectivity index is 1.71. The molecule has 0 saturated carbocycles. The largest absolute Gasteiger partial charge is 0.387 e. The molecule has 4 heterocycles. The molecule has 3 aromatic rings. The lowest BCUT2D eigenvalue weighted by atomic mass is 10.1. The summed E-state index contributed by atoms with van der Waals surface area (Å²) in [7, 11) is 0. The Morgan fingerprint density at radius 1 is 1.26 bits per heavy atom. The Morgan fingerprint density at radius 2 is 2.03 bits per heavy atom. The van der Waals surface area contributed by atoms with E-state index in [-0.39, 0.29) is 17.9 Å². The van der Waals surface area contributed by atoms with Crippen LogP contribution in [0.15, 0.2) is 16.9 Å². The molecule has 0 aromatic carbocycles. The predicted molar refractivity (Wildman–Crippen MR) is 110 cm³/mol. The molecule has 4 atom stereocenters. The number of fused-ring (bicyclic) bond motifs is 1. The molecule has 0 unspecified atom stereocenters. The van der Waals surface area contributed by atoms with Gasteiger partial charge in [0.25, 0.3) is 0 Å². The lowest BCUT2D eigenvalue weighted by molar-refractivity contribution is -0.0434.